The van der Waals surface area contributed by atoms with Gasteiger partial charge in [-0.15, -0.1) is 0 Å². The van der Waals surface area contributed by atoms with Gasteiger partial charge in [0.15, 0.2) is 0 Å². The third kappa shape index (κ3) is 5.50. The van der Waals surface area contributed by atoms with Gasteiger partial charge in [-0.1, -0.05) is 26.7 Å². The van der Waals surface area contributed by atoms with E-state index in [4.69, 9.17) is 5.84 Å². The van der Waals surface area contributed by atoms with Crippen molar-refractivity contribution in [3.05, 3.63) is 0 Å². The molecule has 0 heterocycles. The first kappa shape index (κ1) is 14.5. The van der Waals surface area contributed by atoms with Gasteiger partial charge in [0.05, 0.1) is 0 Å². The number of nitrogens with zero attached hydrogens (tertiary/aromatic N) is 1. The zero-order chi connectivity index (χ0) is 12.7. The second-order valence-corrected chi connectivity index (χ2v) is 5.50. The minimum Gasteiger partial charge on any atom is -0.300 e. The molecule has 0 aromatic rings. The molecule has 1 rings (SSSR count). The zero-order valence-corrected chi connectivity index (χ0v) is 11.2. The molecule has 1 amide bonds. The van der Waals surface area contributed by atoms with Crippen molar-refractivity contribution in [2.75, 3.05) is 13.1 Å². The number of hydrogen-bond donors (Lipinski definition) is 2. The first-order chi connectivity index (χ1) is 8.13. The maximum atomic E-state index is 11.1. The molecule has 0 aliphatic heterocycles. The molecular weight excluding hydrogens is 214 g/mol. The van der Waals surface area contributed by atoms with Crippen LogP contribution in [-0.4, -0.2) is 29.9 Å². The number of carbonyl (C=O) groups excluding carboxylic acids is 1. The third-order valence-electron chi connectivity index (χ3n) is 3.45. The van der Waals surface area contributed by atoms with Gasteiger partial charge in [0.25, 0.3) is 0 Å². The van der Waals surface area contributed by atoms with Gasteiger partial charge >= 0.3 is 0 Å². The second kappa shape index (κ2) is 7.67. The zero-order valence-electron chi connectivity index (χ0n) is 11.2. The summed E-state index contributed by atoms with van der Waals surface area (Å²) in [6.45, 7) is 6.69. The van der Waals surface area contributed by atoms with Crippen LogP contribution < -0.4 is 11.3 Å². The third-order valence-corrected chi connectivity index (χ3v) is 3.45. The Kier molecular flexibility index (Phi) is 6.52. The molecule has 0 unspecified atom stereocenters. The van der Waals surface area contributed by atoms with E-state index in [2.05, 4.69) is 24.2 Å². The van der Waals surface area contributed by atoms with E-state index in [1.54, 1.807) is 0 Å². The van der Waals surface area contributed by atoms with Crippen LogP contribution in [0.2, 0.25) is 0 Å². The molecule has 3 N–H and O–H groups in total. The molecule has 17 heavy (non-hydrogen) atoms. The molecule has 1 aliphatic carbocycles. The fraction of sp³-hybridized carbons (Fsp3) is 0.923. The van der Waals surface area contributed by atoms with Crippen LogP contribution in [0.4, 0.5) is 0 Å². The summed E-state index contributed by atoms with van der Waals surface area (Å²) in [5.74, 6) is 5.72. The van der Waals surface area contributed by atoms with E-state index in [0.717, 1.165) is 25.6 Å². The van der Waals surface area contributed by atoms with Crippen LogP contribution in [-0.2, 0) is 4.79 Å². The fourth-order valence-electron chi connectivity index (χ4n) is 2.68. The van der Waals surface area contributed by atoms with E-state index in [1.807, 2.05) is 0 Å². The summed E-state index contributed by atoms with van der Waals surface area (Å²) in [5.41, 5.74) is 2.19. The molecule has 0 aromatic heterocycles. The Hall–Kier alpha value is -0.610. The van der Waals surface area contributed by atoms with Crippen LogP contribution >= 0.6 is 0 Å². The SMILES string of the molecule is CC(C)CN(CCCC(=O)NN)C1CCCC1. The highest BCUT2D eigenvalue weighted by Crippen LogP contribution is 2.24. The number of hydrazine groups is 1. The quantitative estimate of drug-likeness (QED) is 0.405. The molecule has 1 saturated carbocycles. The number of hydrogen-bond acceptors (Lipinski definition) is 3. The highest BCUT2D eigenvalue weighted by molar-refractivity contribution is 5.75. The van der Waals surface area contributed by atoms with Crippen molar-refractivity contribution in [2.24, 2.45) is 11.8 Å². The van der Waals surface area contributed by atoms with Crippen LogP contribution in [0.5, 0.6) is 0 Å². The molecule has 0 aromatic carbocycles. The van der Waals surface area contributed by atoms with Gasteiger partial charge in [-0.25, -0.2) is 5.84 Å². The highest BCUT2D eigenvalue weighted by atomic mass is 16.2. The summed E-state index contributed by atoms with van der Waals surface area (Å²) in [4.78, 5) is 13.7. The van der Waals surface area contributed by atoms with Gasteiger partial charge in [0, 0.05) is 19.0 Å². The molecule has 0 spiro atoms. The predicted molar refractivity (Wildman–Crippen MR) is 70.2 cm³/mol. The van der Waals surface area contributed by atoms with Crippen molar-refractivity contribution in [1.29, 1.82) is 0 Å². The fourth-order valence-corrected chi connectivity index (χ4v) is 2.68. The molecule has 4 heteroatoms. The lowest BCUT2D eigenvalue weighted by Gasteiger charge is -2.30. The largest absolute Gasteiger partial charge is 0.300 e. The average molecular weight is 241 g/mol. The van der Waals surface area contributed by atoms with Crippen molar-refractivity contribution in [3.8, 4) is 0 Å². The summed E-state index contributed by atoms with van der Waals surface area (Å²) in [5, 5.41) is 0. The van der Waals surface area contributed by atoms with Gasteiger partial charge in [0.2, 0.25) is 5.91 Å². The Labute approximate surface area is 105 Å². The summed E-state index contributed by atoms with van der Waals surface area (Å²) in [6, 6.07) is 0.748. The lowest BCUT2D eigenvalue weighted by molar-refractivity contribution is -0.121. The van der Waals surface area contributed by atoms with Crippen LogP contribution in [0.25, 0.3) is 0 Å². The second-order valence-electron chi connectivity index (χ2n) is 5.50. The average Bonchev–Trinajstić information content (AvgIpc) is 2.80. The highest BCUT2D eigenvalue weighted by Gasteiger charge is 2.22. The topological polar surface area (TPSA) is 58.4 Å². The van der Waals surface area contributed by atoms with E-state index < -0.39 is 0 Å². The van der Waals surface area contributed by atoms with Crippen molar-refractivity contribution >= 4 is 5.91 Å². The van der Waals surface area contributed by atoms with Crippen molar-refractivity contribution < 1.29 is 4.79 Å². The molecule has 0 atom stereocenters. The molecular formula is C13H27N3O. The van der Waals surface area contributed by atoms with Gasteiger partial charge in [0.1, 0.15) is 0 Å². The van der Waals surface area contributed by atoms with Crippen LogP contribution in [0.1, 0.15) is 52.4 Å². The molecule has 100 valence electrons. The van der Waals surface area contributed by atoms with Crippen molar-refractivity contribution in [2.45, 2.75) is 58.4 Å². The Morgan fingerprint density at radius 3 is 2.59 bits per heavy atom. The molecule has 0 saturated heterocycles. The maximum Gasteiger partial charge on any atom is 0.233 e. The first-order valence-corrected chi connectivity index (χ1v) is 6.87. The van der Waals surface area contributed by atoms with Gasteiger partial charge in [-0.2, -0.15) is 0 Å². The summed E-state index contributed by atoms with van der Waals surface area (Å²) >= 11 is 0. The molecule has 1 aliphatic rings. The Morgan fingerprint density at radius 1 is 1.41 bits per heavy atom. The van der Waals surface area contributed by atoms with Gasteiger partial charge in [-0.3, -0.25) is 10.2 Å². The van der Waals surface area contributed by atoms with Crippen LogP contribution in [0.15, 0.2) is 0 Å². The summed E-state index contributed by atoms with van der Waals surface area (Å²) in [6.07, 6.45) is 6.83. The predicted octanol–water partition coefficient (Wildman–Crippen LogP) is 1.66. The first-order valence-electron chi connectivity index (χ1n) is 6.87. The van der Waals surface area contributed by atoms with E-state index in [-0.39, 0.29) is 5.91 Å². The summed E-state index contributed by atoms with van der Waals surface area (Å²) in [7, 11) is 0. The standard InChI is InChI=1S/C13H27N3O/c1-11(2)10-16(12-6-3-4-7-12)9-5-8-13(17)15-14/h11-12H,3-10,14H2,1-2H3,(H,15,17). The van der Waals surface area contributed by atoms with Gasteiger partial charge < -0.3 is 4.90 Å². The van der Waals surface area contributed by atoms with Crippen molar-refractivity contribution in [1.82, 2.24) is 10.3 Å². The van der Waals surface area contributed by atoms with Crippen LogP contribution in [0, 0.1) is 5.92 Å². The molecule has 0 radical (unpaired) electrons. The molecule has 0 bridgehead atoms. The van der Waals surface area contributed by atoms with E-state index in [0.29, 0.717) is 12.3 Å². The number of rotatable bonds is 7. The summed E-state index contributed by atoms with van der Waals surface area (Å²) < 4.78 is 0. The number of nitrogens with two attached hydrogens (primary N) is 1. The smallest absolute Gasteiger partial charge is 0.233 e. The monoisotopic (exact) mass is 241 g/mol. The van der Waals surface area contributed by atoms with E-state index >= 15 is 0 Å². The number of amides is 1. The Morgan fingerprint density at radius 2 is 2.06 bits per heavy atom. The molecule has 1 fully saturated rings. The van der Waals surface area contributed by atoms with E-state index in [9.17, 15) is 4.79 Å². The normalized spacial score (nSPS) is 17.0. The lowest BCUT2D eigenvalue weighted by atomic mass is 10.1. The molecule has 4 nitrogen and oxygen atoms in total. The minimum absolute atomic E-state index is 0.0547. The van der Waals surface area contributed by atoms with Crippen LogP contribution in [0.3, 0.4) is 0 Å². The minimum atomic E-state index is -0.0547. The van der Waals surface area contributed by atoms with Gasteiger partial charge in [-0.05, 0) is 31.7 Å². The van der Waals surface area contributed by atoms with Crippen molar-refractivity contribution in [3.63, 3.8) is 0 Å². The maximum absolute atomic E-state index is 11.1. The number of carbonyl (C=O) groups is 1. The van der Waals surface area contributed by atoms with E-state index in [1.165, 1.54) is 25.7 Å². The Balaban J connectivity index is 2.32. The lowest BCUT2D eigenvalue weighted by Crippen LogP contribution is -2.38. The number of nitrogens with one attached hydrogen (secondary N) is 1. The Bertz CT molecular complexity index is 225.